The van der Waals surface area contributed by atoms with Gasteiger partial charge in [-0.05, 0) is 36.4 Å². The molecule has 0 saturated heterocycles. The number of amides is 1. The highest BCUT2D eigenvalue weighted by Crippen LogP contribution is 2.32. The van der Waals surface area contributed by atoms with Crippen molar-refractivity contribution in [2.24, 2.45) is 0 Å². The molecule has 0 bridgehead atoms. The molecule has 0 aliphatic heterocycles. The van der Waals surface area contributed by atoms with E-state index in [1.165, 1.54) is 23.1 Å². The van der Waals surface area contributed by atoms with Crippen LogP contribution < -0.4 is 0 Å². The van der Waals surface area contributed by atoms with Crippen LogP contribution in [0.5, 0.6) is 0 Å². The minimum Gasteiger partial charge on any atom is -0.341 e. The van der Waals surface area contributed by atoms with Crippen LogP contribution in [0.25, 0.3) is 22.8 Å². The topological polar surface area (TPSA) is 61.9 Å². The number of hydrogen-bond acceptors (Lipinski definition) is 3. The zero-order valence-electron chi connectivity index (χ0n) is 15.5. The Morgan fingerprint density at radius 1 is 1.24 bits per heavy atom. The minimum absolute atomic E-state index is 0.175. The Morgan fingerprint density at radius 2 is 1.97 bits per heavy atom. The Morgan fingerprint density at radius 3 is 2.62 bits per heavy atom. The first-order chi connectivity index (χ1) is 13.8. The molecule has 0 aliphatic rings. The van der Waals surface area contributed by atoms with Crippen molar-refractivity contribution < 1.29 is 18.0 Å². The second kappa shape index (κ2) is 8.19. The number of carbonyl (C=O) groups excluding carboxylic acids is 1. The molecule has 0 N–H and O–H groups in total. The second-order valence-electron chi connectivity index (χ2n) is 6.34. The highest BCUT2D eigenvalue weighted by Gasteiger charge is 2.31. The number of para-hydroxylation sites is 1. The molecule has 1 heterocycles. The number of nitrogens with zero attached hydrogens (tertiary/aromatic N) is 4. The van der Waals surface area contributed by atoms with E-state index in [4.69, 9.17) is 5.26 Å². The second-order valence-corrected chi connectivity index (χ2v) is 6.34. The summed E-state index contributed by atoms with van der Waals surface area (Å²) in [6, 6.07) is 14.4. The van der Waals surface area contributed by atoms with Crippen LogP contribution in [0.3, 0.4) is 0 Å². The summed E-state index contributed by atoms with van der Waals surface area (Å²) in [6.07, 6.45) is -1.51. The third-order valence-electron chi connectivity index (χ3n) is 4.33. The number of hydrogen-bond donors (Lipinski definition) is 0. The Labute approximate surface area is 165 Å². The first-order valence-corrected chi connectivity index (χ1v) is 8.76. The molecule has 0 radical (unpaired) electrons. The van der Waals surface area contributed by atoms with Crippen molar-refractivity contribution in [1.82, 2.24) is 14.5 Å². The molecule has 2 aromatic carbocycles. The van der Waals surface area contributed by atoms with E-state index in [-0.39, 0.29) is 24.4 Å². The third-order valence-corrected chi connectivity index (χ3v) is 4.33. The van der Waals surface area contributed by atoms with E-state index in [1.807, 2.05) is 12.1 Å². The molecule has 148 valence electrons. The summed E-state index contributed by atoms with van der Waals surface area (Å²) in [5.41, 5.74) is 0.591. The van der Waals surface area contributed by atoms with E-state index in [9.17, 15) is 18.0 Å². The molecule has 5 nitrogen and oxygen atoms in total. The van der Waals surface area contributed by atoms with E-state index in [0.717, 1.165) is 12.1 Å². The van der Waals surface area contributed by atoms with Gasteiger partial charge in [0.25, 0.3) is 0 Å². The Bertz CT molecular complexity index is 1090. The number of rotatable bonds is 5. The molecule has 29 heavy (non-hydrogen) atoms. The van der Waals surface area contributed by atoms with Crippen molar-refractivity contribution in [3.63, 3.8) is 0 Å². The fraction of sp³-hybridized carbons (Fsp3) is 0.190. The number of fused-ring (bicyclic) bond motifs is 1. The van der Waals surface area contributed by atoms with Gasteiger partial charge in [-0.15, -0.1) is 0 Å². The predicted molar refractivity (Wildman–Crippen MR) is 103 cm³/mol. The summed E-state index contributed by atoms with van der Waals surface area (Å²) >= 11 is 0. The monoisotopic (exact) mass is 398 g/mol. The summed E-state index contributed by atoms with van der Waals surface area (Å²) in [4.78, 5) is 17.9. The van der Waals surface area contributed by atoms with Gasteiger partial charge in [0.05, 0.1) is 29.1 Å². The Hall–Kier alpha value is -3.60. The van der Waals surface area contributed by atoms with Crippen LogP contribution in [-0.4, -0.2) is 34.0 Å². The van der Waals surface area contributed by atoms with Gasteiger partial charge in [0.15, 0.2) is 0 Å². The summed E-state index contributed by atoms with van der Waals surface area (Å²) in [6.45, 7) is 0.281. The number of aromatic nitrogens is 2. The smallest absolute Gasteiger partial charge is 0.341 e. The van der Waals surface area contributed by atoms with Gasteiger partial charge in [0.2, 0.25) is 5.91 Å². The molecule has 0 unspecified atom stereocenters. The first-order valence-electron chi connectivity index (χ1n) is 8.76. The summed E-state index contributed by atoms with van der Waals surface area (Å²) < 4.78 is 40.9. The molecule has 0 aliphatic carbocycles. The van der Waals surface area contributed by atoms with Crippen LogP contribution in [0.4, 0.5) is 13.2 Å². The van der Waals surface area contributed by atoms with E-state index < -0.39 is 11.7 Å². The molecule has 0 fully saturated rings. The number of nitriles is 1. The lowest BCUT2D eigenvalue weighted by atomic mass is 10.2. The van der Waals surface area contributed by atoms with Crippen molar-refractivity contribution in [3.8, 4) is 11.8 Å². The van der Waals surface area contributed by atoms with Gasteiger partial charge in [-0.1, -0.05) is 18.2 Å². The number of alkyl halides is 3. The molecular formula is C21H17F3N4O. The zero-order chi connectivity index (χ0) is 21.0. The van der Waals surface area contributed by atoms with Crippen molar-refractivity contribution >= 4 is 23.0 Å². The molecular weight excluding hydrogens is 381 g/mol. The van der Waals surface area contributed by atoms with Crippen molar-refractivity contribution in [2.45, 2.75) is 12.6 Å². The quantitative estimate of drug-likeness (QED) is 0.598. The lowest BCUT2D eigenvalue weighted by Crippen LogP contribution is -2.25. The SMILES string of the molecule is CN(CCC#N)C(=O)C=Cc1nc2cc(C(F)(F)F)ccc2n1-c1ccccc1. The van der Waals surface area contributed by atoms with Gasteiger partial charge >= 0.3 is 6.18 Å². The van der Waals surface area contributed by atoms with Gasteiger partial charge in [0, 0.05) is 25.4 Å². The number of imidazole rings is 1. The third kappa shape index (κ3) is 4.46. The van der Waals surface area contributed by atoms with Crippen LogP contribution in [0.1, 0.15) is 17.8 Å². The van der Waals surface area contributed by atoms with Gasteiger partial charge in [-0.2, -0.15) is 18.4 Å². The van der Waals surface area contributed by atoms with E-state index >= 15 is 0 Å². The van der Waals surface area contributed by atoms with Crippen LogP contribution in [0.2, 0.25) is 0 Å². The molecule has 3 rings (SSSR count). The first kappa shape index (κ1) is 20.1. The number of likely N-dealkylation sites (N-methyl/N-ethyl adjacent to an activating group) is 1. The lowest BCUT2D eigenvalue weighted by Gasteiger charge is -2.12. The Balaban J connectivity index is 2.06. The fourth-order valence-corrected chi connectivity index (χ4v) is 2.84. The fourth-order valence-electron chi connectivity index (χ4n) is 2.84. The van der Waals surface area contributed by atoms with Crippen molar-refractivity contribution in [3.05, 3.63) is 66.0 Å². The van der Waals surface area contributed by atoms with Crippen LogP contribution in [0.15, 0.2) is 54.6 Å². The molecule has 8 heteroatoms. The maximum Gasteiger partial charge on any atom is 0.416 e. The van der Waals surface area contributed by atoms with E-state index in [0.29, 0.717) is 17.0 Å². The van der Waals surface area contributed by atoms with E-state index in [2.05, 4.69) is 4.98 Å². The zero-order valence-corrected chi connectivity index (χ0v) is 15.5. The van der Waals surface area contributed by atoms with Crippen LogP contribution in [0, 0.1) is 11.3 Å². The van der Waals surface area contributed by atoms with Gasteiger partial charge in [0.1, 0.15) is 5.82 Å². The average Bonchev–Trinajstić information content (AvgIpc) is 3.07. The number of benzene rings is 2. The lowest BCUT2D eigenvalue weighted by molar-refractivity contribution is -0.137. The molecule has 0 atom stereocenters. The van der Waals surface area contributed by atoms with Gasteiger partial charge in [-0.3, -0.25) is 9.36 Å². The molecule has 0 saturated carbocycles. The van der Waals surface area contributed by atoms with Crippen LogP contribution in [-0.2, 0) is 11.0 Å². The average molecular weight is 398 g/mol. The predicted octanol–water partition coefficient (Wildman–Crippen LogP) is 4.43. The Kier molecular flexibility index (Phi) is 5.69. The van der Waals surface area contributed by atoms with Crippen molar-refractivity contribution in [2.75, 3.05) is 13.6 Å². The van der Waals surface area contributed by atoms with Gasteiger partial charge < -0.3 is 4.90 Å². The standard InChI is InChI=1S/C21H17F3N4O/c1-27(13-5-12-25)20(29)11-10-19-26-17-14-15(21(22,23)24)8-9-18(17)28(19)16-6-3-2-4-7-16/h2-4,6-11,14H,5,13H2,1H3. The highest BCUT2D eigenvalue weighted by molar-refractivity contribution is 5.92. The van der Waals surface area contributed by atoms with Crippen molar-refractivity contribution in [1.29, 1.82) is 5.26 Å². The van der Waals surface area contributed by atoms with E-state index in [1.54, 1.807) is 35.9 Å². The molecule has 0 spiro atoms. The molecule has 3 aromatic rings. The van der Waals surface area contributed by atoms with Crippen LogP contribution >= 0.6 is 0 Å². The largest absolute Gasteiger partial charge is 0.416 e. The maximum absolute atomic E-state index is 13.1. The molecule has 1 aromatic heterocycles. The summed E-state index contributed by atoms with van der Waals surface area (Å²) in [5, 5.41) is 8.63. The van der Waals surface area contributed by atoms with Gasteiger partial charge in [-0.25, -0.2) is 4.98 Å². The normalized spacial score (nSPS) is 11.7. The number of carbonyl (C=O) groups is 1. The number of halogens is 3. The summed E-state index contributed by atoms with van der Waals surface area (Å²) in [7, 11) is 1.57. The highest BCUT2D eigenvalue weighted by atomic mass is 19.4. The summed E-state index contributed by atoms with van der Waals surface area (Å²) in [5.74, 6) is -0.00421. The minimum atomic E-state index is -4.47. The molecule has 1 amide bonds. The maximum atomic E-state index is 13.1.